The molecule has 0 radical (unpaired) electrons. The maximum Gasteiger partial charge on any atom is 0.441 e. The molecule has 0 atom stereocenters. The summed E-state index contributed by atoms with van der Waals surface area (Å²) in [5.41, 5.74) is 1.46. The molecule has 0 spiro atoms. The molecular weight excluding hydrogens is 666 g/mol. The van der Waals surface area contributed by atoms with Crippen LogP contribution in [0.4, 0.5) is 26.3 Å². The number of hydrogen-bond acceptors (Lipinski definition) is 6. The molecular formula is C36H46F6N4O4. The van der Waals surface area contributed by atoms with E-state index in [1.165, 1.54) is 33.4 Å². The predicted octanol–water partition coefficient (Wildman–Crippen LogP) is 8.84. The zero-order chi connectivity index (χ0) is 36.9. The number of aromatic nitrogens is 4. The van der Waals surface area contributed by atoms with Crippen molar-refractivity contribution in [1.82, 2.24) is 19.4 Å². The first-order valence-electron chi connectivity index (χ1n) is 17.2. The monoisotopic (exact) mass is 712 g/mol. The summed E-state index contributed by atoms with van der Waals surface area (Å²) in [6, 6.07) is 11.9. The molecule has 2 aliphatic carbocycles. The van der Waals surface area contributed by atoms with E-state index in [0.29, 0.717) is 62.4 Å². The van der Waals surface area contributed by atoms with E-state index in [9.17, 15) is 35.9 Å². The summed E-state index contributed by atoms with van der Waals surface area (Å²) in [6.45, 7) is 8.64. The molecule has 276 valence electrons. The fourth-order valence-electron chi connectivity index (χ4n) is 5.90. The molecule has 14 heteroatoms. The molecule has 0 saturated heterocycles. The van der Waals surface area contributed by atoms with Crippen LogP contribution in [0.15, 0.2) is 67.2 Å². The van der Waals surface area contributed by atoms with Gasteiger partial charge in [0.05, 0.1) is 0 Å². The summed E-state index contributed by atoms with van der Waals surface area (Å²) >= 11 is 0. The second kappa shape index (κ2) is 18.8. The van der Waals surface area contributed by atoms with Gasteiger partial charge in [0.15, 0.2) is 11.6 Å². The summed E-state index contributed by atoms with van der Waals surface area (Å²) in [5.74, 6) is -6.25. The van der Waals surface area contributed by atoms with Crippen molar-refractivity contribution in [3.63, 3.8) is 0 Å². The van der Waals surface area contributed by atoms with Crippen LogP contribution in [-0.2, 0) is 25.9 Å². The Morgan fingerprint density at radius 3 is 1.48 bits per heavy atom. The van der Waals surface area contributed by atoms with Crippen LogP contribution in [0.2, 0.25) is 0 Å². The van der Waals surface area contributed by atoms with Gasteiger partial charge in [-0.05, 0) is 72.9 Å². The van der Waals surface area contributed by atoms with Gasteiger partial charge in [0.25, 0.3) is 0 Å². The van der Waals surface area contributed by atoms with Gasteiger partial charge in [0.2, 0.25) is 11.8 Å². The van der Waals surface area contributed by atoms with E-state index in [1.807, 2.05) is 27.7 Å². The average Bonchev–Trinajstić information content (AvgIpc) is 3.62. The molecule has 50 heavy (non-hydrogen) atoms. The lowest BCUT2D eigenvalue weighted by Gasteiger charge is -2.28. The van der Waals surface area contributed by atoms with E-state index in [0.717, 1.165) is 5.56 Å². The number of halogens is 6. The molecule has 2 aromatic carbocycles. The molecule has 6 rings (SSSR count). The van der Waals surface area contributed by atoms with Gasteiger partial charge in [0.1, 0.15) is 11.6 Å². The Hall–Kier alpha value is -4.10. The highest BCUT2D eigenvalue weighted by Crippen LogP contribution is 2.37. The van der Waals surface area contributed by atoms with Crippen LogP contribution >= 0.6 is 0 Å². The van der Waals surface area contributed by atoms with E-state index >= 15 is 0 Å². The highest BCUT2D eigenvalue weighted by atomic mass is 19.3. The first kappa shape index (κ1) is 40.3. The largest absolute Gasteiger partial charge is 0.441 e. The van der Waals surface area contributed by atoms with Gasteiger partial charge in [-0.25, -0.2) is 35.9 Å². The molecule has 2 heterocycles. The smallest absolute Gasteiger partial charge is 0.296 e. The van der Waals surface area contributed by atoms with E-state index in [-0.39, 0.29) is 55.6 Å². The summed E-state index contributed by atoms with van der Waals surface area (Å²) in [6.07, 6.45) is 1.46. The highest BCUT2D eigenvalue weighted by Gasteiger charge is 2.36. The van der Waals surface area contributed by atoms with Crippen LogP contribution in [0.5, 0.6) is 0 Å². The number of hydrogen-bond donors (Lipinski definition) is 0. The topological polar surface area (TPSA) is 96.1 Å². The minimum absolute atomic E-state index is 0.00187. The van der Waals surface area contributed by atoms with Crippen LogP contribution in [0.25, 0.3) is 0 Å². The van der Waals surface area contributed by atoms with Gasteiger partial charge in [0, 0.05) is 51.6 Å². The number of nitrogens with zero attached hydrogens (tertiary/aromatic N) is 4. The average molecular weight is 713 g/mol. The number of benzene rings is 2. The summed E-state index contributed by atoms with van der Waals surface area (Å²) in [7, 11) is 0. The van der Waals surface area contributed by atoms with Gasteiger partial charge in [-0.2, -0.15) is 0 Å². The molecule has 2 aromatic heterocycles. The van der Waals surface area contributed by atoms with Crippen molar-refractivity contribution in [2.75, 3.05) is 0 Å². The van der Waals surface area contributed by atoms with Gasteiger partial charge in [-0.3, -0.25) is 18.2 Å². The first-order valence-corrected chi connectivity index (χ1v) is 17.2. The van der Waals surface area contributed by atoms with E-state index < -0.39 is 23.4 Å². The lowest BCUT2D eigenvalue weighted by Crippen LogP contribution is -2.29. The maximum atomic E-state index is 13.2. The van der Waals surface area contributed by atoms with Crippen LogP contribution in [0.1, 0.15) is 102 Å². The molecule has 0 aliphatic heterocycles. The molecule has 2 saturated carbocycles. The van der Waals surface area contributed by atoms with Gasteiger partial charge < -0.3 is 0 Å². The zero-order valence-corrected chi connectivity index (χ0v) is 28.9. The van der Waals surface area contributed by atoms with Crippen LogP contribution in [0.3, 0.4) is 0 Å². The second-order valence-corrected chi connectivity index (χ2v) is 12.2. The second-order valence-electron chi connectivity index (χ2n) is 12.2. The number of alkyl halides is 4. The Balaban J connectivity index is 0.000000246. The maximum absolute atomic E-state index is 13.2. The minimum atomic E-state index is -2.60. The SMILES string of the molecule is CC.CC.O=c1onc(Cc2ccc(F)cc2)n1CC1CCC(F)(F)CC1.O=c1onc(Cc2cccc(F)c2)n1CC1CCC(F)(F)CC1. The molecule has 2 aliphatic rings. The lowest BCUT2D eigenvalue weighted by molar-refractivity contribution is -0.0480. The van der Waals surface area contributed by atoms with Gasteiger partial charge >= 0.3 is 11.5 Å². The Morgan fingerprint density at radius 2 is 1.06 bits per heavy atom. The third-order valence-corrected chi connectivity index (χ3v) is 8.60. The van der Waals surface area contributed by atoms with Crippen molar-refractivity contribution < 1.29 is 35.4 Å². The predicted molar refractivity (Wildman–Crippen MR) is 176 cm³/mol. The molecule has 2 fully saturated rings. The Kier molecular flexibility index (Phi) is 15.1. The van der Waals surface area contributed by atoms with E-state index in [4.69, 9.17) is 9.05 Å². The highest BCUT2D eigenvalue weighted by molar-refractivity contribution is 5.20. The normalized spacial score (nSPS) is 17.0. The van der Waals surface area contributed by atoms with Crippen molar-refractivity contribution in [3.8, 4) is 0 Å². The van der Waals surface area contributed by atoms with Crippen molar-refractivity contribution >= 4 is 0 Å². The fourth-order valence-corrected chi connectivity index (χ4v) is 5.90. The molecule has 0 amide bonds. The van der Waals surface area contributed by atoms with Crippen LogP contribution in [-0.4, -0.2) is 31.3 Å². The van der Waals surface area contributed by atoms with Crippen LogP contribution < -0.4 is 11.5 Å². The molecule has 8 nitrogen and oxygen atoms in total. The fraction of sp³-hybridized carbons (Fsp3) is 0.556. The summed E-state index contributed by atoms with van der Waals surface area (Å²) in [5, 5.41) is 7.50. The Labute approximate surface area is 287 Å². The van der Waals surface area contributed by atoms with Crippen molar-refractivity contribution in [1.29, 1.82) is 0 Å². The molecule has 0 bridgehead atoms. The number of rotatable bonds is 8. The van der Waals surface area contributed by atoms with Crippen molar-refractivity contribution in [2.24, 2.45) is 11.8 Å². The van der Waals surface area contributed by atoms with Gasteiger partial charge in [-0.15, -0.1) is 0 Å². The standard InChI is InChI=1S/2C16H17F3N2O2.2C2H6/c17-13-3-1-11(2-4-13)9-14-20-23-15(22)21(14)10-12-5-7-16(18,19)8-6-12;17-13-3-1-2-12(8-13)9-14-20-23-15(22)21(14)10-11-4-6-16(18,19)7-5-11;2*1-2/h1-4,12H,5-10H2;1-3,8,11H,4-7,9-10H2;2*1-2H3. The van der Waals surface area contributed by atoms with Crippen molar-refractivity contribution in [3.05, 3.63) is 104 Å². The molecule has 4 aromatic rings. The Bertz CT molecular complexity index is 1690. The Morgan fingerprint density at radius 1 is 0.640 bits per heavy atom. The van der Waals surface area contributed by atoms with E-state index in [1.54, 1.807) is 24.3 Å². The summed E-state index contributed by atoms with van der Waals surface area (Å²) < 4.78 is 91.2. The lowest BCUT2D eigenvalue weighted by atomic mass is 9.86. The van der Waals surface area contributed by atoms with Crippen molar-refractivity contribution in [2.45, 2.75) is 117 Å². The van der Waals surface area contributed by atoms with Gasteiger partial charge in [-0.1, -0.05) is 62.3 Å². The third-order valence-electron chi connectivity index (χ3n) is 8.60. The first-order chi connectivity index (χ1) is 23.9. The quantitative estimate of drug-likeness (QED) is 0.170. The summed E-state index contributed by atoms with van der Waals surface area (Å²) in [4.78, 5) is 23.6. The van der Waals surface area contributed by atoms with Crippen LogP contribution in [0, 0.1) is 23.5 Å². The minimum Gasteiger partial charge on any atom is -0.296 e. The molecule has 0 unspecified atom stereocenters. The molecule has 0 N–H and O–H groups in total. The third kappa shape index (κ3) is 12.0. The zero-order valence-electron chi connectivity index (χ0n) is 28.9. The van der Waals surface area contributed by atoms with E-state index in [2.05, 4.69) is 10.3 Å².